The Bertz CT molecular complexity index is 201. The molecule has 0 aliphatic heterocycles. The van der Waals surface area contributed by atoms with Gasteiger partial charge in [0.2, 0.25) is 0 Å². The van der Waals surface area contributed by atoms with Gasteiger partial charge in [0.25, 0.3) is 0 Å². The van der Waals surface area contributed by atoms with Crippen molar-refractivity contribution in [2.45, 2.75) is 45.2 Å². The van der Waals surface area contributed by atoms with E-state index in [0.29, 0.717) is 16.7 Å². The summed E-state index contributed by atoms with van der Waals surface area (Å²) in [5, 5.41) is 18.6. The lowest BCUT2D eigenvalue weighted by molar-refractivity contribution is -0.128. The summed E-state index contributed by atoms with van der Waals surface area (Å²) in [6, 6.07) is 0. The van der Waals surface area contributed by atoms with Crippen LogP contribution in [0, 0.1) is 23.2 Å². The maximum absolute atomic E-state index is 9.29. The molecule has 0 aromatic rings. The molecule has 2 N–H and O–H groups in total. The number of aliphatic hydroxyl groups is 2. The third-order valence-electron chi connectivity index (χ3n) is 4.31. The van der Waals surface area contributed by atoms with E-state index in [2.05, 4.69) is 43.6 Å². The first-order chi connectivity index (χ1) is 6.28. The summed E-state index contributed by atoms with van der Waals surface area (Å²) in [6.07, 6.45) is -0.334. The van der Waals surface area contributed by atoms with E-state index >= 15 is 0 Å². The van der Waals surface area contributed by atoms with Crippen LogP contribution in [0.2, 0.25) is 0 Å². The highest BCUT2D eigenvalue weighted by molar-refractivity contribution is 9.09. The molecule has 1 fully saturated rings. The third kappa shape index (κ3) is 2.00. The molecule has 1 saturated carbocycles. The van der Waals surface area contributed by atoms with Crippen LogP contribution in [0.15, 0.2) is 0 Å². The van der Waals surface area contributed by atoms with E-state index < -0.39 is 6.29 Å². The van der Waals surface area contributed by atoms with E-state index in [4.69, 9.17) is 0 Å². The van der Waals surface area contributed by atoms with Crippen LogP contribution in [0.1, 0.15) is 34.1 Å². The van der Waals surface area contributed by atoms with Crippen LogP contribution >= 0.6 is 15.9 Å². The van der Waals surface area contributed by atoms with Gasteiger partial charge in [-0.2, -0.15) is 0 Å². The number of halogens is 1. The molecule has 1 aliphatic carbocycles. The largest absolute Gasteiger partial charge is 0.368 e. The van der Waals surface area contributed by atoms with Gasteiger partial charge in [-0.15, -0.1) is 0 Å². The first kappa shape index (κ1) is 12.5. The summed E-state index contributed by atoms with van der Waals surface area (Å²) in [4.78, 5) is 0.369. The fraction of sp³-hybridized carbons (Fsp3) is 1.00. The smallest absolute Gasteiger partial charge is 0.154 e. The van der Waals surface area contributed by atoms with Crippen molar-refractivity contribution in [1.82, 2.24) is 0 Å². The summed E-state index contributed by atoms with van der Waals surface area (Å²) in [7, 11) is 0. The maximum Gasteiger partial charge on any atom is 0.154 e. The second kappa shape index (κ2) is 4.11. The summed E-state index contributed by atoms with van der Waals surface area (Å²) < 4.78 is 0. The molecule has 0 saturated heterocycles. The van der Waals surface area contributed by atoms with Crippen molar-refractivity contribution in [3.8, 4) is 0 Å². The molecule has 0 heterocycles. The van der Waals surface area contributed by atoms with Crippen LogP contribution in [0.4, 0.5) is 0 Å². The quantitative estimate of drug-likeness (QED) is 0.564. The van der Waals surface area contributed by atoms with Crippen LogP contribution < -0.4 is 0 Å². The number of rotatable bonds is 1. The fourth-order valence-corrected chi connectivity index (χ4v) is 3.33. The van der Waals surface area contributed by atoms with Gasteiger partial charge in [0.1, 0.15) is 0 Å². The second-order valence-electron chi connectivity index (χ2n) is 5.25. The van der Waals surface area contributed by atoms with Crippen molar-refractivity contribution < 1.29 is 10.2 Å². The molecule has 84 valence electrons. The van der Waals surface area contributed by atoms with Gasteiger partial charge in [-0.1, -0.05) is 43.6 Å². The van der Waals surface area contributed by atoms with Gasteiger partial charge in [0.05, 0.1) is 0 Å². The Hall–Kier alpha value is 0.400. The van der Waals surface area contributed by atoms with Crippen molar-refractivity contribution in [3.63, 3.8) is 0 Å². The number of aliphatic hydroxyl groups excluding tert-OH is 1. The molecule has 4 unspecified atom stereocenters. The molecule has 0 bridgehead atoms. The molecule has 1 aliphatic rings. The van der Waals surface area contributed by atoms with Gasteiger partial charge < -0.3 is 10.2 Å². The molecular formula is C11H21BrO2. The third-order valence-corrected chi connectivity index (χ3v) is 5.86. The van der Waals surface area contributed by atoms with E-state index in [-0.39, 0.29) is 11.3 Å². The summed E-state index contributed by atoms with van der Waals surface area (Å²) >= 11 is 3.66. The van der Waals surface area contributed by atoms with E-state index in [1.54, 1.807) is 0 Å². The van der Waals surface area contributed by atoms with Crippen LogP contribution in [-0.2, 0) is 0 Å². The van der Waals surface area contributed by atoms with Crippen molar-refractivity contribution >= 4 is 15.9 Å². The minimum Gasteiger partial charge on any atom is -0.368 e. The van der Waals surface area contributed by atoms with Crippen LogP contribution in [0.5, 0.6) is 0 Å². The Morgan fingerprint density at radius 3 is 2.21 bits per heavy atom. The summed E-state index contributed by atoms with van der Waals surface area (Å²) in [5.41, 5.74) is 0.227. The molecule has 0 aromatic carbocycles. The Labute approximate surface area is 94.8 Å². The zero-order chi connectivity index (χ0) is 11.1. The topological polar surface area (TPSA) is 40.5 Å². The molecule has 14 heavy (non-hydrogen) atoms. The van der Waals surface area contributed by atoms with Crippen molar-refractivity contribution in [1.29, 1.82) is 0 Å². The van der Waals surface area contributed by atoms with Crippen molar-refractivity contribution in [3.05, 3.63) is 0 Å². The zero-order valence-corrected chi connectivity index (χ0v) is 11.0. The zero-order valence-electron chi connectivity index (χ0n) is 9.37. The lowest BCUT2D eigenvalue weighted by Crippen LogP contribution is -2.47. The molecule has 0 aromatic heterocycles. The normalized spacial score (nSPS) is 42.9. The summed E-state index contributed by atoms with van der Waals surface area (Å²) in [5.74, 6) is 0.855. The molecule has 4 atom stereocenters. The minimum atomic E-state index is -1.18. The Morgan fingerprint density at radius 1 is 1.29 bits per heavy atom. The van der Waals surface area contributed by atoms with E-state index in [1.807, 2.05) is 0 Å². The molecule has 2 nitrogen and oxygen atoms in total. The lowest BCUT2D eigenvalue weighted by atomic mass is 9.61. The van der Waals surface area contributed by atoms with Crippen molar-refractivity contribution in [2.24, 2.45) is 23.2 Å². The van der Waals surface area contributed by atoms with Crippen LogP contribution in [0.25, 0.3) is 0 Å². The Balaban J connectivity index is 2.84. The van der Waals surface area contributed by atoms with Crippen LogP contribution in [0.3, 0.4) is 0 Å². The van der Waals surface area contributed by atoms with Gasteiger partial charge >= 0.3 is 0 Å². The second-order valence-corrected chi connectivity index (χ2v) is 6.36. The molecule has 0 spiro atoms. The van der Waals surface area contributed by atoms with Gasteiger partial charge in [-0.05, 0) is 23.7 Å². The lowest BCUT2D eigenvalue weighted by Gasteiger charge is -2.49. The fourth-order valence-electron chi connectivity index (χ4n) is 2.48. The van der Waals surface area contributed by atoms with E-state index in [0.717, 1.165) is 6.42 Å². The average molecular weight is 265 g/mol. The molecule has 0 amide bonds. The first-order valence-electron chi connectivity index (χ1n) is 5.28. The molecule has 3 heteroatoms. The van der Waals surface area contributed by atoms with Gasteiger partial charge in [0, 0.05) is 10.7 Å². The SMILES string of the molecule is CC1C(C(O)O)CC(Br)C(C)(C)C1C. The standard InChI is InChI=1S/C11H21BrO2/c1-6-7(2)11(3,4)9(12)5-8(6)10(13)14/h6-10,13-14H,5H2,1-4H3. The average Bonchev–Trinajstić information content (AvgIpc) is 2.08. The van der Waals surface area contributed by atoms with Crippen LogP contribution in [-0.4, -0.2) is 21.3 Å². The minimum absolute atomic E-state index is 0.00222. The van der Waals surface area contributed by atoms with E-state index in [1.165, 1.54) is 0 Å². The highest BCUT2D eigenvalue weighted by Crippen LogP contribution is 2.50. The number of alkyl halides is 1. The molecule has 1 rings (SSSR count). The predicted molar refractivity (Wildman–Crippen MR) is 61.2 cm³/mol. The van der Waals surface area contributed by atoms with Gasteiger partial charge in [-0.25, -0.2) is 0 Å². The Morgan fingerprint density at radius 2 is 1.79 bits per heavy atom. The maximum atomic E-state index is 9.29. The van der Waals surface area contributed by atoms with E-state index in [9.17, 15) is 10.2 Å². The Kier molecular flexibility index (Phi) is 3.66. The highest BCUT2D eigenvalue weighted by atomic mass is 79.9. The first-order valence-corrected chi connectivity index (χ1v) is 6.20. The number of hydrogen-bond acceptors (Lipinski definition) is 2. The molecule has 0 radical (unpaired) electrons. The monoisotopic (exact) mass is 264 g/mol. The van der Waals surface area contributed by atoms with Gasteiger partial charge in [0.15, 0.2) is 6.29 Å². The van der Waals surface area contributed by atoms with Gasteiger partial charge in [-0.3, -0.25) is 0 Å². The summed E-state index contributed by atoms with van der Waals surface area (Å²) in [6.45, 7) is 8.81. The highest BCUT2D eigenvalue weighted by Gasteiger charge is 2.46. The van der Waals surface area contributed by atoms with Crippen molar-refractivity contribution in [2.75, 3.05) is 0 Å². The molecular weight excluding hydrogens is 244 g/mol. The number of hydrogen-bond donors (Lipinski definition) is 2. The predicted octanol–water partition coefficient (Wildman–Crippen LogP) is 2.38.